The van der Waals surface area contributed by atoms with Crippen LogP contribution in [0.25, 0.3) is 0 Å². The fourth-order valence-corrected chi connectivity index (χ4v) is 4.91. The van der Waals surface area contributed by atoms with Crippen LogP contribution in [-0.4, -0.2) is 67.6 Å². The first-order valence-electron chi connectivity index (χ1n) is 10.8. The summed E-state index contributed by atoms with van der Waals surface area (Å²) < 4.78 is 6.37. The summed E-state index contributed by atoms with van der Waals surface area (Å²) in [4.78, 5) is 31.6. The van der Waals surface area contributed by atoms with E-state index in [4.69, 9.17) is 4.74 Å². The lowest BCUT2D eigenvalue weighted by molar-refractivity contribution is -0.122. The molecule has 7 nitrogen and oxygen atoms in total. The van der Waals surface area contributed by atoms with Gasteiger partial charge in [-0.15, -0.1) is 0 Å². The van der Waals surface area contributed by atoms with Gasteiger partial charge in [0.05, 0.1) is 25.7 Å². The molecule has 1 spiro atoms. The zero-order chi connectivity index (χ0) is 22.7. The molecule has 2 fully saturated rings. The second kappa shape index (κ2) is 9.50. The van der Waals surface area contributed by atoms with Crippen molar-refractivity contribution in [2.45, 2.75) is 24.9 Å². The first kappa shape index (κ1) is 22.6. The molecule has 0 radical (unpaired) electrons. The highest BCUT2D eigenvalue weighted by Crippen LogP contribution is 2.39. The van der Waals surface area contributed by atoms with Gasteiger partial charge in [-0.25, -0.2) is 4.79 Å². The van der Waals surface area contributed by atoms with Gasteiger partial charge in [0.15, 0.2) is 0 Å². The summed E-state index contributed by atoms with van der Waals surface area (Å²) in [5.74, 6) is 0.807. The SMILES string of the molecule is CNC(=O)CN1CCC2(CC1)CN(c1ccc(Br)cc1)C(=O)N2Cc1cccc(OC)c1. The summed E-state index contributed by atoms with van der Waals surface area (Å²) >= 11 is 3.48. The van der Waals surface area contributed by atoms with E-state index in [0.29, 0.717) is 19.6 Å². The smallest absolute Gasteiger partial charge is 0.325 e. The largest absolute Gasteiger partial charge is 0.497 e. The van der Waals surface area contributed by atoms with Crippen molar-refractivity contribution < 1.29 is 14.3 Å². The minimum Gasteiger partial charge on any atom is -0.497 e. The monoisotopic (exact) mass is 500 g/mol. The number of likely N-dealkylation sites (tertiary alicyclic amines) is 1. The second-order valence-electron chi connectivity index (χ2n) is 8.46. The van der Waals surface area contributed by atoms with Crippen LogP contribution in [0.4, 0.5) is 10.5 Å². The molecular formula is C24H29BrN4O3. The van der Waals surface area contributed by atoms with Gasteiger partial charge in [-0.2, -0.15) is 0 Å². The van der Waals surface area contributed by atoms with Gasteiger partial charge in [-0.05, 0) is 54.8 Å². The summed E-state index contributed by atoms with van der Waals surface area (Å²) in [5, 5.41) is 2.70. The highest BCUT2D eigenvalue weighted by Gasteiger charge is 2.51. The Hall–Kier alpha value is -2.58. The zero-order valence-electron chi connectivity index (χ0n) is 18.5. The highest BCUT2D eigenvalue weighted by molar-refractivity contribution is 9.10. The molecule has 0 bridgehead atoms. The number of hydrogen-bond donors (Lipinski definition) is 1. The predicted octanol–water partition coefficient (Wildman–Crippen LogP) is 3.48. The number of rotatable bonds is 6. The van der Waals surface area contributed by atoms with E-state index in [9.17, 15) is 9.59 Å². The van der Waals surface area contributed by atoms with Gasteiger partial charge in [0.25, 0.3) is 0 Å². The number of urea groups is 1. The van der Waals surface area contributed by atoms with Crippen LogP contribution < -0.4 is 15.0 Å². The van der Waals surface area contributed by atoms with Crippen molar-refractivity contribution >= 4 is 33.6 Å². The molecule has 0 aliphatic carbocycles. The van der Waals surface area contributed by atoms with Crippen LogP contribution in [0.3, 0.4) is 0 Å². The molecule has 2 heterocycles. The fourth-order valence-electron chi connectivity index (χ4n) is 4.64. The topological polar surface area (TPSA) is 65.1 Å². The lowest BCUT2D eigenvalue weighted by Crippen LogP contribution is -2.55. The molecule has 2 aliphatic rings. The molecule has 2 saturated heterocycles. The number of halogens is 1. The van der Waals surface area contributed by atoms with E-state index in [-0.39, 0.29) is 17.5 Å². The molecule has 8 heteroatoms. The number of carbonyl (C=O) groups is 2. The molecule has 0 unspecified atom stereocenters. The van der Waals surface area contributed by atoms with Crippen molar-refractivity contribution in [2.24, 2.45) is 0 Å². The van der Waals surface area contributed by atoms with Gasteiger partial charge in [0.2, 0.25) is 5.91 Å². The normalized spacial score (nSPS) is 18.3. The summed E-state index contributed by atoms with van der Waals surface area (Å²) in [6.45, 7) is 3.13. The van der Waals surface area contributed by atoms with Crippen LogP contribution in [0.5, 0.6) is 5.75 Å². The predicted molar refractivity (Wildman–Crippen MR) is 128 cm³/mol. The molecule has 0 aromatic heterocycles. The van der Waals surface area contributed by atoms with Crippen LogP contribution in [0.2, 0.25) is 0 Å². The van der Waals surface area contributed by atoms with Gasteiger partial charge in [0.1, 0.15) is 5.75 Å². The standard InChI is InChI=1S/C24H29BrN4O3/c1-26-22(30)16-27-12-10-24(11-13-27)17-28(20-8-6-19(25)7-9-20)23(31)29(24)15-18-4-3-5-21(14-18)32-2/h3-9,14H,10-13,15-17H2,1-2H3,(H,26,30). The second-order valence-corrected chi connectivity index (χ2v) is 9.37. The van der Waals surface area contributed by atoms with Crippen LogP contribution >= 0.6 is 15.9 Å². The van der Waals surface area contributed by atoms with Crippen LogP contribution in [0.15, 0.2) is 53.0 Å². The van der Waals surface area contributed by atoms with Crippen LogP contribution in [0, 0.1) is 0 Å². The average molecular weight is 501 g/mol. The van der Waals surface area contributed by atoms with Crippen LogP contribution in [0.1, 0.15) is 18.4 Å². The Labute approximate surface area is 197 Å². The Bertz CT molecular complexity index is 973. The maximum absolute atomic E-state index is 13.7. The van der Waals surface area contributed by atoms with Crippen LogP contribution in [-0.2, 0) is 11.3 Å². The molecule has 0 saturated carbocycles. The van der Waals surface area contributed by atoms with Crippen molar-refractivity contribution in [3.8, 4) is 5.75 Å². The molecule has 2 aromatic rings. The number of benzene rings is 2. The zero-order valence-corrected chi connectivity index (χ0v) is 20.1. The summed E-state index contributed by atoms with van der Waals surface area (Å²) in [6, 6.07) is 15.8. The number of ether oxygens (including phenoxy) is 1. The third-order valence-electron chi connectivity index (χ3n) is 6.53. The Kier molecular flexibility index (Phi) is 6.71. The van der Waals surface area contributed by atoms with Gasteiger partial charge >= 0.3 is 6.03 Å². The summed E-state index contributed by atoms with van der Waals surface area (Å²) in [7, 11) is 3.31. The molecule has 170 valence electrons. The molecule has 3 amide bonds. The van der Waals surface area contributed by atoms with Gasteiger partial charge in [0, 0.05) is 36.8 Å². The van der Waals surface area contributed by atoms with E-state index >= 15 is 0 Å². The third-order valence-corrected chi connectivity index (χ3v) is 7.06. The number of anilines is 1. The number of hydrogen-bond acceptors (Lipinski definition) is 4. The van der Waals surface area contributed by atoms with E-state index in [2.05, 4.69) is 26.1 Å². The first-order chi connectivity index (χ1) is 15.4. The quantitative estimate of drug-likeness (QED) is 0.659. The lowest BCUT2D eigenvalue weighted by atomic mass is 9.86. The molecule has 1 N–H and O–H groups in total. The Balaban J connectivity index is 1.60. The number of nitrogens with zero attached hydrogens (tertiary/aromatic N) is 3. The number of methoxy groups -OCH3 is 1. The van der Waals surface area contributed by atoms with E-state index in [0.717, 1.165) is 47.4 Å². The first-order valence-corrected chi connectivity index (χ1v) is 11.6. The third kappa shape index (κ3) is 4.61. The molecule has 4 rings (SSSR count). The Morgan fingerprint density at radius 2 is 1.88 bits per heavy atom. The number of likely N-dealkylation sites (N-methyl/N-ethyl adjacent to an activating group) is 1. The molecular weight excluding hydrogens is 472 g/mol. The minimum absolute atomic E-state index is 0.0215. The van der Waals surface area contributed by atoms with Gasteiger partial charge in [-0.3, -0.25) is 14.6 Å². The Morgan fingerprint density at radius 1 is 1.16 bits per heavy atom. The van der Waals surface area contributed by atoms with Gasteiger partial charge < -0.3 is 15.0 Å². The van der Waals surface area contributed by atoms with Crippen molar-refractivity contribution in [1.29, 1.82) is 0 Å². The summed E-state index contributed by atoms with van der Waals surface area (Å²) in [6.07, 6.45) is 1.65. The van der Waals surface area contributed by atoms with E-state index in [1.807, 2.05) is 58.3 Å². The number of piperidine rings is 1. The van der Waals surface area contributed by atoms with E-state index in [1.165, 1.54) is 0 Å². The van der Waals surface area contributed by atoms with E-state index in [1.54, 1.807) is 14.2 Å². The van der Waals surface area contributed by atoms with E-state index < -0.39 is 0 Å². The lowest BCUT2D eigenvalue weighted by Gasteiger charge is -2.43. The molecule has 32 heavy (non-hydrogen) atoms. The fraction of sp³-hybridized carbons (Fsp3) is 0.417. The maximum atomic E-state index is 13.7. The summed E-state index contributed by atoms with van der Waals surface area (Å²) in [5.41, 5.74) is 1.67. The minimum atomic E-state index is -0.271. The maximum Gasteiger partial charge on any atom is 0.325 e. The highest BCUT2D eigenvalue weighted by atomic mass is 79.9. The van der Waals surface area contributed by atoms with Crippen molar-refractivity contribution in [2.75, 3.05) is 45.2 Å². The van der Waals surface area contributed by atoms with Crippen molar-refractivity contribution in [3.63, 3.8) is 0 Å². The van der Waals surface area contributed by atoms with Gasteiger partial charge in [-0.1, -0.05) is 28.1 Å². The molecule has 0 atom stereocenters. The van der Waals surface area contributed by atoms with Crippen molar-refractivity contribution in [3.05, 3.63) is 58.6 Å². The number of carbonyl (C=O) groups excluding carboxylic acids is 2. The Morgan fingerprint density at radius 3 is 2.53 bits per heavy atom. The average Bonchev–Trinajstić information content (AvgIpc) is 3.07. The number of amides is 3. The molecule has 2 aromatic carbocycles. The number of nitrogens with one attached hydrogen (secondary N) is 1. The van der Waals surface area contributed by atoms with Crippen molar-refractivity contribution in [1.82, 2.24) is 15.1 Å². The molecule has 2 aliphatic heterocycles.